The van der Waals surface area contributed by atoms with Crippen molar-refractivity contribution >= 4 is 17.8 Å². The lowest BCUT2D eigenvalue weighted by Gasteiger charge is -2.30. The average molecular weight is 535 g/mol. The second-order valence-corrected chi connectivity index (χ2v) is 10.0. The predicted octanol–water partition coefficient (Wildman–Crippen LogP) is 1.74. The van der Waals surface area contributed by atoms with Gasteiger partial charge in [-0.2, -0.15) is 0 Å². The maximum absolute atomic E-state index is 13.5. The van der Waals surface area contributed by atoms with Crippen LogP contribution in [-0.4, -0.2) is 104 Å². The Morgan fingerprint density at radius 1 is 1.18 bits per heavy atom. The summed E-state index contributed by atoms with van der Waals surface area (Å²) < 4.78 is 16.6. The van der Waals surface area contributed by atoms with Crippen molar-refractivity contribution in [1.29, 1.82) is 0 Å². The highest BCUT2D eigenvalue weighted by Crippen LogP contribution is 2.47. The second-order valence-electron chi connectivity index (χ2n) is 10.0. The molecular weight excluding hydrogens is 492 g/mol. The number of ether oxygens (including phenoxy) is 3. The number of unbranched alkanes of at least 4 members (excludes halogenated alkanes) is 1. The Bertz CT molecular complexity index is 980. The van der Waals surface area contributed by atoms with Gasteiger partial charge in [0.05, 0.1) is 19.6 Å². The summed E-state index contributed by atoms with van der Waals surface area (Å²) in [6, 6.07) is 3.17. The van der Waals surface area contributed by atoms with E-state index in [1.54, 1.807) is 18.0 Å². The van der Waals surface area contributed by atoms with E-state index in [0.29, 0.717) is 62.8 Å². The van der Waals surface area contributed by atoms with Crippen LogP contribution in [0, 0.1) is 5.92 Å². The number of carbonyl (C=O) groups excluding carboxylic acids is 2. The number of nitrogens with zero attached hydrogens (tertiary/aromatic N) is 3. The summed E-state index contributed by atoms with van der Waals surface area (Å²) >= 11 is 0. The SMILES string of the molecule is CCCCN(CCCN)C(=O)CN1C[C@H](c2cc(OC)c3c(c2)OCO3)C(C(=O)O)[C@@H]1CCN(C)C(C)=O. The third kappa shape index (κ3) is 6.87. The van der Waals surface area contributed by atoms with E-state index in [2.05, 4.69) is 6.92 Å². The maximum Gasteiger partial charge on any atom is 0.308 e. The van der Waals surface area contributed by atoms with Gasteiger partial charge < -0.3 is 34.9 Å². The van der Waals surface area contributed by atoms with E-state index < -0.39 is 23.8 Å². The Labute approximate surface area is 224 Å². The van der Waals surface area contributed by atoms with Gasteiger partial charge in [0.15, 0.2) is 11.5 Å². The van der Waals surface area contributed by atoms with Gasteiger partial charge in [0, 0.05) is 52.1 Å². The molecule has 0 saturated carbocycles. The molecule has 3 rings (SSSR count). The van der Waals surface area contributed by atoms with Gasteiger partial charge in [-0.15, -0.1) is 0 Å². The van der Waals surface area contributed by atoms with E-state index in [-0.39, 0.29) is 25.2 Å². The summed E-state index contributed by atoms with van der Waals surface area (Å²) in [5.74, 6) is -0.785. The summed E-state index contributed by atoms with van der Waals surface area (Å²) in [5, 5.41) is 10.4. The smallest absolute Gasteiger partial charge is 0.308 e. The van der Waals surface area contributed by atoms with Crippen molar-refractivity contribution in [3.05, 3.63) is 17.7 Å². The van der Waals surface area contributed by atoms with E-state index >= 15 is 0 Å². The number of fused-ring (bicyclic) bond motifs is 1. The number of nitrogens with two attached hydrogens (primary N) is 1. The molecular formula is C27H42N4O7. The number of hydrogen-bond acceptors (Lipinski definition) is 8. The molecule has 1 aromatic carbocycles. The first kappa shape index (κ1) is 29.5. The van der Waals surface area contributed by atoms with E-state index in [0.717, 1.165) is 18.4 Å². The molecule has 3 N–H and O–H groups in total. The van der Waals surface area contributed by atoms with Crippen molar-refractivity contribution in [2.75, 3.05) is 60.2 Å². The topological polar surface area (TPSA) is 135 Å². The number of aliphatic carboxylic acids is 1. The fraction of sp³-hybridized carbons (Fsp3) is 0.667. The second kappa shape index (κ2) is 13.7. The van der Waals surface area contributed by atoms with Crippen molar-refractivity contribution in [2.24, 2.45) is 11.7 Å². The number of benzene rings is 1. The van der Waals surface area contributed by atoms with Crippen LogP contribution in [0.4, 0.5) is 0 Å². The molecule has 0 bridgehead atoms. The van der Waals surface area contributed by atoms with Gasteiger partial charge >= 0.3 is 5.97 Å². The van der Waals surface area contributed by atoms with Crippen molar-refractivity contribution in [1.82, 2.24) is 14.7 Å². The molecule has 2 amide bonds. The minimum Gasteiger partial charge on any atom is -0.493 e. The van der Waals surface area contributed by atoms with Crippen LogP contribution in [-0.2, 0) is 14.4 Å². The summed E-state index contributed by atoms with van der Waals surface area (Å²) in [5.41, 5.74) is 6.46. The molecule has 11 nitrogen and oxygen atoms in total. The van der Waals surface area contributed by atoms with Gasteiger partial charge in [0.2, 0.25) is 24.4 Å². The molecule has 38 heavy (non-hydrogen) atoms. The number of carbonyl (C=O) groups is 3. The number of methoxy groups -OCH3 is 1. The summed E-state index contributed by atoms with van der Waals surface area (Å²) in [6.07, 6.45) is 2.99. The molecule has 0 aromatic heterocycles. The molecule has 2 aliphatic heterocycles. The van der Waals surface area contributed by atoms with Gasteiger partial charge in [-0.25, -0.2) is 0 Å². The number of rotatable bonds is 14. The Balaban J connectivity index is 1.92. The van der Waals surface area contributed by atoms with Crippen LogP contribution in [0.25, 0.3) is 0 Å². The maximum atomic E-state index is 13.5. The van der Waals surface area contributed by atoms with Crippen molar-refractivity contribution in [3.8, 4) is 17.2 Å². The van der Waals surface area contributed by atoms with E-state index in [1.165, 1.54) is 14.0 Å². The quantitative estimate of drug-likeness (QED) is 0.366. The normalized spacial score (nSPS) is 20.4. The Morgan fingerprint density at radius 2 is 1.92 bits per heavy atom. The molecule has 2 heterocycles. The van der Waals surface area contributed by atoms with E-state index in [9.17, 15) is 19.5 Å². The van der Waals surface area contributed by atoms with E-state index in [1.807, 2.05) is 15.9 Å². The summed E-state index contributed by atoms with van der Waals surface area (Å²) in [4.78, 5) is 43.4. The largest absolute Gasteiger partial charge is 0.493 e. The third-order valence-electron chi connectivity index (χ3n) is 7.54. The lowest BCUT2D eigenvalue weighted by atomic mass is 9.84. The van der Waals surface area contributed by atoms with Gasteiger partial charge in [0.1, 0.15) is 0 Å². The first-order chi connectivity index (χ1) is 18.2. The van der Waals surface area contributed by atoms with Gasteiger partial charge in [-0.3, -0.25) is 19.3 Å². The molecule has 0 aliphatic carbocycles. The molecule has 1 fully saturated rings. The third-order valence-corrected chi connectivity index (χ3v) is 7.54. The van der Waals surface area contributed by atoms with E-state index in [4.69, 9.17) is 19.9 Å². The zero-order chi connectivity index (χ0) is 27.8. The number of carboxylic acids is 1. The van der Waals surface area contributed by atoms with Crippen LogP contribution in [0.5, 0.6) is 17.2 Å². The van der Waals surface area contributed by atoms with Crippen LogP contribution in [0.3, 0.4) is 0 Å². The van der Waals surface area contributed by atoms with Gasteiger partial charge in [0.25, 0.3) is 0 Å². The van der Waals surface area contributed by atoms with Crippen LogP contribution in [0.1, 0.15) is 51.0 Å². The predicted molar refractivity (Wildman–Crippen MR) is 141 cm³/mol. The minimum atomic E-state index is -0.942. The Morgan fingerprint density at radius 3 is 2.55 bits per heavy atom. The molecule has 2 aliphatic rings. The number of hydrogen-bond donors (Lipinski definition) is 2. The lowest BCUT2D eigenvalue weighted by Crippen LogP contribution is -2.46. The average Bonchev–Trinajstić information content (AvgIpc) is 3.51. The fourth-order valence-electron chi connectivity index (χ4n) is 5.30. The Hall–Kier alpha value is -3.05. The Kier molecular flexibility index (Phi) is 10.6. The number of likely N-dealkylation sites (tertiary alicyclic amines) is 1. The fourth-order valence-corrected chi connectivity index (χ4v) is 5.30. The summed E-state index contributed by atoms with van der Waals surface area (Å²) in [7, 11) is 3.23. The molecule has 212 valence electrons. The zero-order valence-corrected chi connectivity index (χ0v) is 23.0. The monoisotopic (exact) mass is 534 g/mol. The summed E-state index contributed by atoms with van der Waals surface area (Å²) in [6.45, 7) is 6.21. The first-order valence-electron chi connectivity index (χ1n) is 13.4. The number of carboxylic acid groups (broad SMARTS) is 1. The molecule has 1 unspecified atom stereocenters. The van der Waals surface area contributed by atoms with Crippen LogP contribution in [0.15, 0.2) is 12.1 Å². The molecule has 0 radical (unpaired) electrons. The van der Waals surface area contributed by atoms with Gasteiger partial charge in [-0.05, 0) is 43.5 Å². The van der Waals surface area contributed by atoms with Crippen molar-refractivity contribution in [2.45, 2.75) is 51.5 Å². The van der Waals surface area contributed by atoms with Crippen molar-refractivity contribution in [3.63, 3.8) is 0 Å². The zero-order valence-electron chi connectivity index (χ0n) is 23.0. The molecule has 0 spiro atoms. The molecule has 11 heteroatoms. The highest BCUT2D eigenvalue weighted by molar-refractivity contribution is 5.79. The van der Waals surface area contributed by atoms with Crippen molar-refractivity contribution < 1.29 is 33.7 Å². The standard InChI is InChI=1S/C27H42N4O7/c1-5-6-10-30(11-7-9-28)24(33)16-31-15-20(19-13-22(36-4)26-23(14-19)37-17-38-26)25(27(34)35)21(31)8-12-29(3)18(2)32/h13-14,20-21,25H,5-12,15-17,28H2,1-4H3,(H,34,35)/t20-,21+,25?/m1/s1. The molecule has 1 aromatic rings. The first-order valence-corrected chi connectivity index (χ1v) is 13.4. The minimum absolute atomic E-state index is 0.0371. The molecule has 1 saturated heterocycles. The van der Waals surface area contributed by atoms with Crippen LogP contribution < -0.4 is 19.9 Å². The lowest BCUT2D eigenvalue weighted by molar-refractivity contribution is -0.144. The van der Waals surface area contributed by atoms with Gasteiger partial charge in [-0.1, -0.05) is 13.3 Å². The highest BCUT2D eigenvalue weighted by atomic mass is 16.7. The molecule has 3 atom stereocenters. The number of amides is 2. The highest BCUT2D eigenvalue weighted by Gasteiger charge is 2.47. The van der Waals surface area contributed by atoms with Crippen LogP contribution >= 0.6 is 0 Å². The van der Waals surface area contributed by atoms with Crippen LogP contribution in [0.2, 0.25) is 0 Å².